The first-order valence-electron chi connectivity index (χ1n) is 9.00. The highest BCUT2D eigenvalue weighted by Gasteiger charge is 2.25. The topological polar surface area (TPSA) is 63.4 Å². The number of para-hydroxylation sites is 1. The lowest BCUT2D eigenvalue weighted by molar-refractivity contribution is -0.118. The van der Waals surface area contributed by atoms with E-state index in [-0.39, 0.29) is 5.91 Å². The lowest BCUT2D eigenvalue weighted by Gasteiger charge is -2.31. The summed E-state index contributed by atoms with van der Waals surface area (Å²) in [6, 6.07) is 23.4. The van der Waals surface area contributed by atoms with Crippen LogP contribution in [0.4, 0.5) is 5.69 Å². The molecule has 0 saturated carbocycles. The van der Waals surface area contributed by atoms with E-state index < -0.39 is 5.91 Å². The molecule has 0 aliphatic carbocycles. The van der Waals surface area contributed by atoms with Crippen LogP contribution in [0.15, 0.2) is 72.8 Å². The molecule has 0 saturated heterocycles. The molecule has 1 aliphatic heterocycles. The van der Waals surface area contributed by atoms with Crippen LogP contribution in [0.2, 0.25) is 0 Å². The van der Waals surface area contributed by atoms with Crippen LogP contribution in [-0.2, 0) is 17.8 Å². The molecule has 4 nitrogen and oxygen atoms in total. The smallest absolute Gasteiger partial charge is 0.248 e. The Morgan fingerprint density at radius 2 is 1.52 bits per heavy atom. The van der Waals surface area contributed by atoms with Crippen LogP contribution in [0.5, 0.6) is 0 Å². The Hall–Kier alpha value is -3.40. The largest absolute Gasteiger partial charge is 0.366 e. The molecule has 27 heavy (non-hydrogen) atoms. The van der Waals surface area contributed by atoms with E-state index in [0.29, 0.717) is 24.9 Å². The van der Waals surface area contributed by atoms with E-state index in [4.69, 9.17) is 5.73 Å². The predicted octanol–water partition coefficient (Wildman–Crippen LogP) is 3.93. The number of nitrogens with zero attached hydrogens (tertiary/aromatic N) is 1. The molecule has 0 radical (unpaired) electrons. The van der Waals surface area contributed by atoms with Crippen LogP contribution in [0.1, 0.15) is 27.9 Å². The quantitative estimate of drug-likeness (QED) is 0.770. The lowest BCUT2D eigenvalue weighted by atomic mass is 9.93. The van der Waals surface area contributed by atoms with Crippen molar-refractivity contribution in [1.82, 2.24) is 0 Å². The third-order valence-electron chi connectivity index (χ3n) is 5.02. The molecular weight excluding hydrogens is 336 g/mol. The Kier molecular flexibility index (Phi) is 4.47. The maximum atomic E-state index is 13.0. The third kappa shape index (κ3) is 3.22. The average Bonchev–Trinajstić information content (AvgIpc) is 2.71. The molecule has 3 aromatic rings. The van der Waals surface area contributed by atoms with Gasteiger partial charge in [-0.15, -0.1) is 0 Å². The average molecular weight is 356 g/mol. The van der Waals surface area contributed by atoms with Gasteiger partial charge in [-0.1, -0.05) is 60.7 Å². The molecule has 2 N–H and O–H groups in total. The zero-order valence-electron chi connectivity index (χ0n) is 14.9. The van der Waals surface area contributed by atoms with E-state index in [9.17, 15) is 9.59 Å². The SMILES string of the molecule is NC(=O)c1ccccc1CCC(=O)N1Cc2ccccc2-c2ccccc21. The van der Waals surface area contributed by atoms with Crippen LogP contribution >= 0.6 is 0 Å². The van der Waals surface area contributed by atoms with Gasteiger partial charge in [0.05, 0.1) is 12.2 Å². The van der Waals surface area contributed by atoms with Crippen molar-refractivity contribution >= 4 is 17.5 Å². The Labute approximate surface area is 158 Å². The van der Waals surface area contributed by atoms with E-state index >= 15 is 0 Å². The summed E-state index contributed by atoms with van der Waals surface area (Å²) in [5.41, 5.74) is 11.1. The first-order chi connectivity index (χ1) is 13.1. The molecule has 1 aliphatic rings. The summed E-state index contributed by atoms with van der Waals surface area (Å²) in [5.74, 6) is -0.425. The van der Waals surface area contributed by atoms with Gasteiger partial charge in [0.15, 0.2) is 0 Å². The number of hydrogen-bond donors (Lipinski definition) is 1. The molecule has 1 heterocycles. The summed E-state index contributed by atoms with van der Waals surface area (Å²) < 4.78 is 0. The summed E-state index contributed by atoms with van der Waals surface area (Å²) in [5, 5.41) is 0. The number of primary amides is 1. The molecule has 4 heteroatoms. The van der Waals surface area contributed by atoms with Crippen LogP contribution in [0, 0.1) is 0 Å². The monoisotopic (exact) mass is 356 g/mol. The highest BCUT2D eigenvalue weighted by Crippen LogP contribution is 2.39. The van der Waals surface area contributed by atoms with Crippen molar-refractivity contribution in [1.29, 1.82) is 0 Å². The fraction of sp³-hybridized carbons (Fsp3) is 0.130. The van der Waals surface area contributed by atoms with Gasteiger partial charge in [-0.3, -0.25) is 9.59 Å². The predicted molar refractivity (Wildman–Crippen MR) is 106 cm³/mol. The molecule has 2 amide bonds. The van der Waals surface area contributed by atoms with Crippen LogP contribution in [-0.4, -0.2) is 11.8 Å². The van der Waals surface area contributed by atoms with Gasteiger partial charge < -0.3 is 10.6 Å². The minimum atomic E-state index is -0.463. The highest BCUT2D eigenvalue weighted by atomic mass is 16.2. The second kappa shape index (κ2) is 7.08. The number of fused-ring (bicyclic) bond motifs is 3. The van der Waals surface area contributed by atoms with Gasteiger partial charge in [-0.2, -0.15) is 0 Å². The van der Waals surface area contributed by atoms with Crippen molar-refractivity contribution < 1.29 is 9.59 Å². The zero-order chi connectivity index (χ0) is 18.8. The number of amides is 2. The summed E-state index contributed by atoms with van der Waals surface area (Å²) in [7, 11) is 0. The number of carbonyl (C=O) groups is 2. The van der Waals surface area contributed by atoms with Crippen LogP contribution in [0.25, 0.3) is 11.1 Å². The minimum absolute atomic E-state index is 0.0382. The molecule has 0 bridgehead atoms. The van der Waals surface area contributed by atoms with Crippen molar-refractivity contribution in [2.45, 2.75) is 19.4 Å². The molecule has 4 rings (SSSR count). The molecule has 134 valence electrons. The fourth-order valence-corrected chi connectivity index (χ4v) is 3.69. The van der Waals surface area contributed by atoms with Gasteiger partial charge in [0.25, 0.3) is 0 Å². The maximum Gasteiger partial charge on any atom is 0.248 e. The number of anilines is 1. The Morgan fingerprint density at radius 3 is 2.33 bits per heavy atom. The number of rotatable bonds is 4. The van der Waals surface area contributed by atoms with E-state index in [2.05, 4.69) is 18.2 Å². The second-order valence-electron chi connectivity index (χ2n) is 6.68. The van der Waals surface area contributed by atoms with Gasteiger partial charge in [0.2, 0.25) is 11.8 Å². The first-order valence-corrected chi connectivity index (χ1v) is 9.00. The molecule has 0 aromatic heterocycles. The van der Waals surface area contributed by atoms with E-state index in [1.54, 1.807) is 12.1 Å². The number of aryl methyl sites for hydroxylation is 1. The first kappa shape index (κ1) is 17.0. The Bertz CT molecular complexity index is 1030. The maximum absolute atomic E-state index is 13.0. The molecule has 0 fully saturated rings. The molecule has 3 aromatic carbocycles. The third-order valence-corrected chi connectivity index (χ3v) is 5.02. The van der Waals surface area contributed by atoms with Crippen LogP contribution < -0.4 is 10.6 Å². The zero-order valence-corrected chi connectivity index (χ0v) is 14.9. The van der Waals surface area contributed by atoms with Crippen molar-refractivity contribution in [2.24, 2.45) is 5.73 Å². The minimum Gasteiger partial charge on any atom is -0.366 e. The van der Waals surface area contributed by atoms with Crippen molar-refractivity contribution in [3.63, 3.8) is 0 Å². The normalized spacial score (nSPS) is 12.2. The molecule has 0 spiro atoms. The van der Waals surface area contributed by atoms with Gasteiger partial charge in [-0.05, 0) is 35.2 Å². The summed E-state index contributed by atoms with van der Waals surface area (Å²) in [4.78, 5) is 26.5. The molecular formula is C23H20N2O2. The number of hydrogen-bond acceptors (Lipinski definition) is 2. The summed E-state index contributed by atoms with van der Waals surface area (Å²) in [6.07, 6.45) is 0.805. The van der Waals surface area contributed by atoms with E-state index in [0.717, 1.165) is 22.4 Å². The van der Waals surface area contributed by atoms with E-state index in [1.165, 1.54) is 5.56 Å². The number of carbonyl (C=O) groups excluding carboxylic acids is 2. The standard InChI is InChI=1S/C23H20N2O2/c24-23(27)19-10-4-1-7-16(19)13-14-22(26)25-15-17-8-2-3-9-18(17)20-11-5-6-12-21(20)25/h1-12H,13-15H2,(H2,24,27). The van der Waals surface area contributed by atoms with Crippen molar-refractivity contribution in [3.8, 4) is 11.1 Å². The fourth-order valence-electron chi connectivity index (χ4n) is 3.69. The second-order valence-corrected chi connectivity index (χ2v) is 6.68. The Balaban J connectivity index is 1.59. The van der Waals surface area contributed by atoms with E-state index in [1.807, 2.05) is 47.4 Å². The van der Waals surface area contributed by atoms with Gasteiger partial charge in [0, 0.05) is 17.5 Å². The highest BCUT2D eigenvalue weighted by molar-refractivity contribution is 6.00. The van der Waals surface area contributed by atoms with Gasteiger partial charge >= 0.3 is 0 Å². The van der Waals surface area contributed by atoms with Crippen molar-refractivity contribution in [3.05, 3.63) is 89.5 Å². The number of benzene rings is 3. The lowest BCUT2D eigenvalue weighted by Crippen LogP contribution is -2.33. The van der Waals surface area contributed by atoms with Gasteiger partial charge in [0.1, 0.15) is 0 Å². The Morgan fingerprint density at radius 1 is 0.852 bits per heavy atom. The summed E-state index contributed by atoms with van der Waals surface area (Å²) >= 11 is 0. The van der Waals surface area contributed by atoms with Crippen molar-refractivity contribution in [2.75, 3.05) is 4.90 Å². The van der Waals surface area contributed by atoms with Crippen LogP contribution in [0.3, 0.4) is 0 Å². The molecule has 0 unspecified atom stereocenters. The number of nitrogens with two attached hydrogens (primary N) is 1. The molecule has 0 atom stereocenters. The van der Waals surface area contributed by atoms with Gasteiger partial charge in [-0.25, -0.2) is 0 Å². The summed E-state index contributed by atoms with van der Waals surface area (Å²) in [6.45, 7) is 0.559.